The maximum Gasteiger partial charge on any atom is 0.263 e. The van der Waals surface area contributed by atoms with Gasteiger partial charge in [-0.2, -0.15) is 0 Å². The lowest BCUT2D eigenvalue weighted by Gasteiger charge is -2.37. The van der Waals surface area contributed by atoms with Gasteiger partial charge in [0.25, 0.3) is 5.91 Å². The number of nitrogens with zero attached hydrogens (tertiary/aromatic N) is 1. The Morgan fingerprint density at radius 3 is 2.70 bits per heavy atom. The molecule has 1 aromatic carbocycles. The fraction of sp³-hybridized carbons (Fsp3) is 0.533. The summed E-state index contributed by atoms with van der Waals surface area (Å²) in [4.78, 5) is 14.0. The summed E-state index contributed by atoms with van der Waals surface area (Å²) in [6.07, 6.45) is 1.01. The molecule has 4 nitrogen and oxygen atoms in total. The number of amides is 1. The van der Waals surface area contributed by atoms with Crippen molar-refractivity contribution in [1.29, 1.82) is 0 Å². The monoisotopic (exact) mass is 341 g/mol. The number of hydrogen-bond acceptors (Lipinski definition) is 3. The lowest BCUT2D eigenvalue weighted by Crippen LogP contribution is -2.51. The molecule has 1 aromatic rings. The van der Waals surface area contributed by atoms with Gasteiger partial charge in [-0.05, 0) is 51.0 Å². The van der Waals surface area contributed by atoms with Gasteiger partial charge in [0.1, 0.15) is 5.75 Å². The SMILES string of the molecule is CC(Oc1ccc(Br)cc1)C(=O)N1CCCC(C)(O)C1. The van der Waals surface area contributed by atoms with Crippen molar-refractivity contribution in [1.82, 2.24) is 4.90 Å². The molecule has 1 heterocycles. The molecule has 1 N–H and O–H groups in total. The van der Waals surface area contributed by atoms with Crippen molar-refractivity contribution in [2.24, 2.45) is 0 Å². The first-order chi connectivity index (χ1) is 9.37. The van der Waals surface area contributed by atoms with Crippen LogP contribution in [0.4, 0.5) is 0 Å². The maximum absolute atomic E-state index is 12.3. The number of carbonyl (C=O) groups is 1. The molecule has 1 fully saturated rings. The van der Waals surface area contributed by atoms with Crippen molar-refractivity contribution < 1.29 is 14.6 Å². The first kappa shape index (κ1) is 15.3. The summed E-state index contributed by atoms with van der Waals surface area (Å²) in [6.45, 7) is 4.57. The highest BCUT2D eigenvalue weighted by Crippen LogP contribution is 2.22. The van der Waals surface area contributed by atoms with Crippen molar-refractivity contribution in [2.75, 3.05) is 13.1 Å². The van der Waals surface area contributed by atoms with Gasteiger partial charge in [-0.25, -0.2) is 0 Å². The van der Waals surface area contributed by atoms with Gasteiger partial charge in [0.2, 0.25) is 0 Å². The van der Waals surface area contributed by atoms with Gasteiger partial charge < -0.3 is 14.7 Å². The van der Waals surface area contributed by atoms with E-state index in [-0.39, 0.29) is 5.91 Å². The van der Waals surface area contributed by atoms with E-state index >= 15 is 0 Å². The van der Waals surface area contributed by atoms with Gasteiger partial charge in [-0.1, -0.05) is 15.9 Å². The molecule has 2 rings (SSSR count). The Labute approximate surface area is 127 Å². The van der Waals surface area contributed by atoms with E-state index in [0.717, 1.165) is 17.3 Å². The highest BCUT2D eigenvalue weighted by Gasteiger charge is 2.33. The van der Waals surface area contributed by atoms with Crippen LogP contribution >= 0.6 is 15.9 Å². The Morgan fingerprint density at radius 2 is 2.10 bits per heavy atom. The molecule has 20 heavy (non-hydrogen) atoms. The lowest BCUT2D eigenvalue weighted by molar-refractivity contribution is -0.144. The summed E-state index contributed by atoms with van der Waals surface area (Å²) in [5, 5.41) is 10.1. The number of benzene rings is 1. The molecular formula is C15H20BrNO3. The van der Waals surface area contributed by atoms with E-state index in [0.29, 0.717) is 18.8 Å². The molecule has 2 unspecified atom stereocenters. The van der Waals surface area contributed by atoms with Gasteiger partial charge in [-0.3, -0.25) is 4.79 Å². The quantitative estimate of drug-likeness (QED) is 0.919. The summed E-state index contributed by atoms with van der Waals surface area (Å²) in [6, 6.07) is 7.39. The predicted molar refractivity (Wildman–Crippen MR) is 80.7 cm³/mol. The second kappa shape index (κ2) is 6.14. The van der Waals surface area contributed by atoms with Gasteiger partial charge in [-0.15, -0.1) is 0 Å². The van der Waals surface area contributed by atoms with Crippen molar-refractivity contribution in [2.45, 2.75) is 38.4 Å². The van der Waals surface area contributed by atoms with Gasteiger partial charge in [0, 0.05) is 17.6 Å². The van der Waals surface area contributed by atoms with Crippen LogP contribution in [0.5, 0.6) is 5.75 Å². The number of ether oxygens (including phenoxy) is 1. The van der Waals surface area contributed by atoms with E-state index in [2.05, 4.69) is 15.9 Å². The fourth-order valence-corrected chi connectivity index (χ4v) is 2.70. The Morgan fingerprint density at radius 1 is 1.45 bits per heavy atom. The Bertz CT molecular complexity index is 473. The van der Waals surface area contributed by atoms with Crippen LogP contribution in [0.3, 0.4) is 0 Å². The van der Waals surface area contributed by atoms with E-state index < -0.39 is 11.7 Å². The van der Waals surface area contributed by atoms with E-state index in [1.165, 1.54) is 0 Å². The first-order valence-electron chi connectivity index (χ1n) is 6.81. The predicted octanol–water partition coefficient (Wildman–Crippen LogP) is 2.59. The third kappa shape index (κ3) is 3.96. The molecular weight excluding hydrogens is 322 g/mol. The third-order valence-corrected chi connectivity index (χ3v) is 3.99. The minimum Gasteiger partial charge on any atom is -0.481 e. The molecule has 0 bridgehead atoms. The molecule has 1 aliphatic rings. The van der Waals surface area contributed by atoms with E-state index in [1.807, 2.05) is 24.3 Å². The molecule has 5 heteroatoms. The third-order valence-electron chi connectivity index (χ3n) is 3.46. The number of halogens is 1. The summed E-state index contributed by atoms with van der Waals surface area (Å²) < 4.78 is 6.63. The Balaban J connectivity index is 1.96. The number of rotatable bonds is 3. The second-order valence-corrected chi connectivity index (χ2v) is 6.49. The van der Waals surface area contributed by atoms with Crippen LogP contribution in [0, 0.1) is 0 Å². The summed E-state index contributed by atoms with van der Waals surface area (Å²) in [7, 11) is 0. The lowest BCUT2D eigenvalue weighted by atomic mass is 9.95. The molecule has 110 valence electrons. The number of piperidine rings is 1. The molecule has 0 radical (unpaired) electrons. The number of hydrogen-bond donors (Lipinski definition) is 1. The average Bonchev–Trinajstić information content (AvgIpc) is 2.39. The smallest absolute Gasteiger partial charge is 0.263 e. The van der Waals surface area contributed by atoms with Gasteiger partial charge in [0.15, 0.2) is 6.10 Å². The molecule has 0 aromatic heterocycles. The molecule has 0 aliphatic carbocycles. The zero-order valence-corrected chi connectivity index (χ0v) is 13.4. The van der Waals surface area contributed by atoms with Crippen LogP contribution < -0.4 is 4.74 Å². The normalized spacial score (nSPS) is 24.3. The van der Waals surface area contributed by atoms with Gasteiger partial charge in [0.05, 0.1) is 5.60 Å². The number of β-amino-alcohol motifs (C(OH)–C–C–N with tert-alkyl or cyclic N) is 1. The Hall–Kier alpha value is -1.07. The molecule has 0 spiro atoms. The highest BCUT2D eigenvalue weighted by atomic mass is 79.9. The largest absolute Gasteiger partial charge is 0.481 e. The summed E-state index contributed by atoms with van der Waals surface area (Å²) in [5.41, 5.74) is -0.786. The van der Waals surface area contributed by atoms with Crippen LogP contribution in [-0.4, -0.2) is 40.7 Å². The fourth-order valence-electron chi connectivity index (χ4n) is 2.43. The topological polar surface area (TPSA) is 49.8 Å². The van der Waals surface area contributed by atoms with Crippen LogP contribution in [0.2, 0.25) is 0 Å². The zero-order valence-electron chi connectivity index (χ0n) is 11.8. The second-order valence-electron chi connectivity index (χ2n) is 5.57. The maximum atomic E-state index is 12.3. The zero-order chi connectivity index (χ0) is 14.8. The van der Waals surface area contributed by atoms with E-state index in [1.54, 1.807) is 18.7 Å². The van der Waals surface area contributed by atoms with E-state index in [9.17, 15) is 9.90 Å². The molecule has 0 saturated carbocycles. The summed E-state index contributed by atoms with van der Waals surface area (Å²) in [5.74, 6) is 0.589. The van der Waals surface area contributed by atoms with Crippen molar-refractivity contribution in [3.05, 3.63) is 28.7 Å². The molecule has 1 aliphatic heterocycles. The minimum absolute atomic E-state index is 0.0760. The number of likely N-dealkylation sites (tertiary alicyclic amines) is 1. The van der Waals surface area contributed by atoms with Gasteiger partial charge >= 0.3 is 0 Å². The minimum atomic E-state index is -0.786. The van der Waals surface area contributed by atoms with Crippen molar-refractivity contribution >= 4 is 21.8 Å². The molecule has 1 saturated heterocycles. The van der Waals surface area contributed by atoms with Crippen LogP contribution in [0.15, 0.2) is 28.7 Å². The highest BCUT2D eigenvalue weighted by molar-refractivity contribution is 9.10. The molecule has 2 atom stereocenters. The summed E-state index contributed by atoms with van der Waals surface area (Å²) >= 11 is 3.36. The standard InChI is InChI=1S/C15H20BrNO3/c1-11(20-13-6-4-12(16)5-7-13)14(18)17-9-3-8-15(2,19)10-17/h4-7,11,19H,3,8-10H2,1-2H3. The first-order valence-corrected chi connectivity index (χ1v) is 7.60. The van der Waals surface area contributed by atoms with Crippen LogP contribution in [0.25, 0.3) is 0 Å². The van der Waals surface area contributed by atoms with Crippen LogP contribution in [0.1, 0.15) is 26.7 Å². The average molecular weight is 342 g/mol. The van der Waals surface area contributed by atoms with Crippen molar-refractivity contribution in [3.8, 4) is 5.75 Å². The number of carbonyl (C=O) groups excluding carboxylic acids is 1. The molecule has 1 amide bonds. The van der Waals surface area contributed by atoms with E-state index in [4.69, 9.17) is 4.74 Å². The Kier molecular flexibility index (Phi) is 4.70. The number of aliphatic hydroxyl groups is 1. The van der Waals surface area contributed by atoms with Crippen LogP contribution in [-0.2, 0) is 4.79 Å². The van der Waals surface area contributed by atoms with Crippen molar-refractivity contribution in [3.63, 3.8) is 0 Å².